The predicted octanol–water partition coefficient (Wildman–Crippen LogP) is 5.51. The van der Waals surface area contributed by atoms with Gasteiger partial charge >= 0.3 is 5.91 Å². The number of anilines is 1. The van der Waals surface area contributed by atoms with Crippen LogP contribution in [0.25, 0.3) is 16.0 Å². The minimum Gasteiger partial charge on any atom is -0.507 e. The molecule has 0 spiro atoms. The Bertz CT molecular complexity index is 1480. The fourth-order valence-electron chi connectivity index (χ4n) is 4.23. The van der Waals surface area contributed by atoms with Crippen molar-refractivity contribution in [3.63, 3.8) is 0 Å². The quantitative estimate of drug-likeness (QED) is 0.188. The molecule has 9 heteroatoms. The Hall–Kier alpha value is -4.24. The molecule has 1 N–H and O–H groups in total. The van der Waals surface area contributed by atoms with Crippen LogP contribution in [-0.2, 0) is 9.59 Å². The lowest BCUT2D eigenvalue weighted by Gasteiger charge is -2.23. The van der Waals surface area contributed by atoms with E-state index in [1.165, 1.54) is 28.6 Å². The smallest absolute Gasteiger partial charge is 0.301 e. The van der Waals surface area contributed by atoms with Gasteiger partial charge in [0.05, 0.1) is 35.0 Å². The topological polar surface area (TPSA) is 102 Å². The van der Waals surface area contributed by atoms with Crippen LogP contribution >= 0.6 is 11.3 Å². The van der Waals surface area contributed by atoms with E-state index in [1.807, 2.05) is 32.0 Å². The maximum atomic E-state index is 13.4. The Balaban J connectivity index is 1.64. The average molecular weight is 516 g/mol. The number of pyridine rings is 1. The SMILES string of the molecule is CCCOc1ccc(C2/C(=C(\O)c3ccncc3)C(=O)C(=O)N2c2nc3ccc(OCC)cc3s2)cc1. The van der Waals surface area contributed by atoms with Crippen LogP contribution < -0.4 is 14.4 Å². The molecule has 1 amide bonds. The Morgan fingerprint density at radius 1 is 1.00 bits per heavy atom. The second-order valence-electron chi connectivity index (χ2n) is 8.38. The number of carbonyl (C=O) groups is 2. The van der Waals surface area contributed by atoms with E-state index in [9.17, 15) is 14.7 Å². The number of Topliss-reactive ketones (excluding diaryl/α,β-unsaturated/α-hetero) is 1. The average Bonchev–Trinajstić information content (AvgIpc) is 3.45. The lowest BCUT2D eigenvalue weighted by Crippen LogP contribution is -2.29. The van der Waals surface area contributed by atoms with Crippen molar-refractivity contribution in [1.29, 1.82) is 0 Å². The van der Waals surface area contributed by atoms with Gasteiger partial charge in [-0.15, -0.1) is 0 Å². The van der Waals surface area contributed by atoms with Crippen molar-refractivity contribution in [3.05, 3.63) is 83.7 Å². The number of hydrogen-bond donors (Lipinski definition) is 1. The zero-order valence-electron chi connectivity index (χ0n) is 20.4. The van der Waals surface area contributed by atoms with Crippen LogP contribution in [0.3, 0.4) is 0 Å². The molecule has 0 bridgehead atoms. The highest BCUT2D eigenvalue weighted by Crippen LogP contribution is 2.44. The number of rotatable bonds is 8. The van der Waals surface area contributed by atoms with E-state index >= 15 is 0 Å². The van der Waals surface area contributed by atoms with Crippen LogP contribution in [-0.4, -0.2) is 40.0 Å². The summed E-state index contributed by atoms with van der Waals surface area (Å²) in [6.45, 7) is 5.04. The summed E-state index contributed by atoms with van der Waals surface area (Å²) in [5.41, 5.74) is 1.72. The minimum atomic E-state index is -0.875. The zero-order chi connectivity index (χ0) is 25.9. The predicted molar refractivity (Wildman–Crippen MR) is 142 cm³/mol. The summed E-state index contributed by atoms with van der Waals surface area (Å²) in [5.74, 6) is -0.417. The third-order valence-corrected chi connectivity index (χ3v) is 6.95. The van der Waals surface area contributed by atoms with Crippen LogP contribution in [0.15, 0.2) is 72.6 Å². The summed E-state index contributed by atoms with van der Waals surface area (Å²) in [4.78, 5) is 36.8. The van der Waals surface area contributed by atoms with Crippen molar-refractivity contribution in [2.75, 3.05) is 18.1 Å². The van der Waals surface area contributed by atoms with Crippen molar-refractivity contribution < 1.29 is 24.2 Å². The molecule has 0 aliphatic carbocycles. The number of aliphatic hydroxyl groups is 1. The second-order valence-corrected chi connectivity index (χ2v) is 9.39. The number of ether oxygens (including phenoxy) is 2. The minimum absolute atomic E-state index is 0.00677. The van der Waals surface area contributed by atoms with Crippen LogP contribution in [0.1, 0.15) is 37.4 Å². The number of benzene rings is 2. The van der Waals surface area contributed by atoms with Gasteiger partial charge in [0.25, 0.3) is 5.78 Å². The lowest BCUT2D eigenvalue weighted by molar-refractivity contribution is -0.132. The molecule has 1 saturated heterocycles. The first-order valence-electron chi connectivity index (χ1n) is 12.0. The van der Waals surface area contributed by atoms with E-state index < -0.39 is 17.7 Å². The lowest BCUT2D eigenvalue weighted by atomic mass is 9.95. The van der Waals surface area contributed by atoms with Crippen molar-refractivity contribution in [2.45, 2.75) is 26.3 Å². The number of nitrogens with zero attached hydrogens (tertiary/aromatic N) is 3. The molecular weight excluding hydrogens is 490 g/mol. The van der Waals surface area contributed by atoms with E-state index in [0.29, 0.717) is 46.5 Å². The molecule has 5 rings (SSSR count). The number of aromatic nitrogens is 2. The molecule has 1 aliphatic heterocycles. The molecule has 8 nitrogen and oxygen atoms in total. The molecule has 1 fully saturated rings. The fraction of sp³-hybridized carbons (Fsp3) is 0.214. The van der Waals surface area contributed by atoms with Gasteiger partial charge in [-0.1, -0.05) is 30.4 Å². The maximum absolute atomic E-state index is 13.4. The van der Waals surface area contributed by atoms with Crippen molar-refractivity contribution in [3.8, 4) is 11.5 Å². The van der Waals surface area contributed by atoms with Crippen molar-refractivity contribution >= 4 is 44.1 Å². The number of amides is 1. The van der Waals surface area contributed by atoms with Crippen LogP contribution in [0, 0.1) is 0 Å². The fourth-order valence-corrected chi connectivity index (χ4v) is 5.25. The van der Waals surface area contributed by atoms with E-state index in [-0.39, 0.29) is 11.3 Å². The van der Waals surface area contributed by atoms with E-state index in [0.717, 1.165) is 11.1 Å². The maximum Gasteiger partial charge on any atom is 0.301 e. The van der Waals surface area contributed by atoms with Gasteiger partial charge in [0.15, 0.2) is 5.13 Å². The van der Waals surface area contributed by atoms with Crippen molar-refractivity contribution in [2.24, 2.45) is 0 Å². The monoisotopic (exact) mass is 515 g/mol. The molecule has 188 valence electrons. The summed E-state index contributed by atoms with van der Waals surface area (Å²) >= 11 is 1.29. The number of aliphatic hydroxyl groups excluding tert-OH is 1. The summed E-state index contributed by atoms with van der Waals surface area (Å²) < 4.78 is 12.1. The normalized spacial score (nSPS) is 16.9. The number of ketones is 1. The molecule has 4 aromatic rings. The molecule has 0 saturated carbocycles. The second kappa shape index (κ2) is 10.4. The first-order chi connectivity index (χ1) is 18.0. The molecule has 2 aromatic carbocycles. The first kappa shape index (κ1) is 24.5. The molecule has 1 aliphatic rings. The number of hydrogen-bond acceptors (Lipinski definition) is 8. The van der Waals surface area contributed by atoms with Gasteiger partial charge in [0.2, 0.25) is 0 Å². The number of thiazole rings is 1. The largest absolute Gasteiger partial charge is 0.507 e. The Morgan fingerprint density at radius 2 is 1.73 bits per heavy atom. The molecule has 1 atom stereocenters. The molecule has 3 heterocycles. The van der Waals surface area contributed by atoms with Crippen LogP contribution in [0.2, 0.25) is 0 Å². The van der Waals surface area contributed by atoms with Crippen LogP contribution in [0.5, 0.6) is 11.5 Å². The molecular formula is C28H25N3O5S. The van der Waals surface area contributed by atoms with Crippen molar-refractivity contribution in [1.82, 2.24) is 9.97 Å². The van der Waals surface area contributed by atoms with Gasteiger partial charge in [0, 0.05) is 18.0 Å². The standard InChI is InChI=1S/C28H25N3O5S/c1-3-15-36-19-7-5-17(6-8-19)24-23(25(32)18-11-13-29-14-12-18)26(33)27(34)31(24)28-30-21-10-9-20(35-4-2)16-22(21)37-28/h5-14,16,24,32H,3-4,15H2,1-2H3/b25-23+. The molecule has 1 unspecified atom stereocenters. The third kappa shape index (κ3) is 4.65. The Morgan fingerprint density at radius 3 is 2.43 bits per heavy atom. The van der Waals surface area contributed by atoms with Crippen LogP contribution in [0.4, 0.5) is 5.13 Å². The highest BCUT2D eigenvalue weighted by atomic mass is 32.1. The van der Waals surface area contributed by atoms with Gasteiger partial charge < -0.3 is 14.6 Å². The molecule has 2 aromatic heterocycles. The Kier molecular flexibility index (Phi) is 6.87. The van der Waals surface area contributed by atoms with E-state index in [2.05, 4.69) is 9.97 Å². The van der Waals surface area contributed by atoms with Gasteiger partial charge in [0.1, 0.15) is 17.3 Å². The number of carbonyl (C=O) groups excluding carboxylic acids is 2. The highest BCUT2D eigenvalue weighted by molar-refractivity contribution is 7.22. The molecule has 0 radical (unpaired) electrons. The summed E-state index contributed by atoms with van der Waals surface area (Å²) in [6, 6.07) is 15.0. The zero-order valence-corrected chi connectivity index (χ0v) is 21.2. The van der Waals surface area contributed by atoms with E-state index in [1.54, 1.807) is 36.4 Å². The number of fused-ring (bicyclic) bond motifs is 1. The van der Waals surface area contributed by atoms with Gasteiger partial charge in [-0.3, -0.25) is 19.5 Å². The molecule has 37 heavy (non-hydrogen) atoms. The summed E-state index contributed by atoms with van der Waals surface area (Å²) in [6.07, 6.45) is 3.91. The summed E-state index contributed by atoms with van der Waals surface area (Å²) in [5, 5.41) is 11.6. The third-order valence-electron chi connectivity index (χ3n) is 5.93. The first-order valence-corrected chi connectivity index (χ1v) is 12.8. The van der Waals surface area contributed by atoms with Gasteiger partial charge in [-0.2, -0.15) is 0 Å². The highest BCUT2D eigenvalue weighted by Gasteiger charge is 2.48. The summed E-state index contributed by atoms with van der Waals surface area (Å²) in [7, 11) is 0. The van der Waals surface area contributed by atoms with Gasteiger partial charge in [-0.05, 0) is 61.4 Å². The van der Waals surface area contributed by atoms with E-state index in [4.69, 9.17) is 9.47 Å². The van der Waals surface area contributed by atoms with Gasteiger partial charge in [-0.25, -0.2) is 4.98 Å². The Labute approximate surface area is 217 Å².